The molecule has 0 N–H and O–H groups in total. The lowest BCUT2D eigenvalue weighted by molar-refractivity contribution is 0.700. The van der Waals surface area contributed by atoms with E-state index in [-0.39, 0.29) is 0 Å². The molecule has 1 nitrogen and oxygen atoms in total. The summed E-state index contributed by atoms with van der Waals surface area (Å²) in [6.07, 6.45) is 6.15. The van der Waals surface area contributed by atoms with E-state index in [0.29, 0.717) is 5.92 Å². The van der Waals surface area contributed by atoms with Gasteiger partial charge in [0.2, 0.25) is 0 Å². The first kappa shape index (κ1) is 12.6. The van der Waals surface area contributed by atoms with E-state index in [1.165, 1.54) is 11.1 Å². The maximum Gasteiger partial charge on any atom is 0.0478 e. The van der Waals surface area contributed by atoms with E-state index in [1.807, 2.05) is 18.3 Å². The Morgan fingerprint density at radius 1 is 1.17 bits per heavy atom. The van der Waals surface area contributed by atoms with E-state index in [9.17, 15) is 0 Å². The van der Waals surface area contributed by atoms with Crippen molar-refractivity contribution in [2.24, 2.45) is 0 Å². The first-order chi connectivity index (χ1) is 8.85. The number of aromatic nitrogens is 1. The molecule has 2 rings (SSSR count). The van der Waals surface area contributed by atoms with Crippen molar-refractivity contribution in [1.29, 1.82) is 0 Å². The van der Waals surface area contributed by atoms with Crippen LogP contribution in [0.5, 0.6) is 0 Å². The van der Waals surface area contributed by atoms with E-state index < -0.39 is 0 Å². The molecule has 1 heterocycles. The van der Waals surface area contributed by atoms with Crippen LogP contribution in [0.3, 0.4) is 0 Å². The van der Waals surface area contributed by atoms with E-state index in [1.54, 1.807) is 0 Å². The molecule has 2 aromatic rings. The van der Waals surface area contributed by atoms with Gasteiger partial charge in [0.25, 0.3) is 0 Å². The minimum absolute atomic E-state index is 0.360. The zero-order valence-corrected chi connectivity index (χ0v) is 10.8. The van der Waals surface area contributed by atoms with Crippen LogP contribution >= 0.6 is 0 Å². The lowest BCUT2D eigenvalue weighted by atomic mass is 9.96. The van der Waals surface area contributed by atoms with Crippen LogP contribution in [0.4, 0.5) is 0 Å². The van der Waals surface area contributed by atoms with E-state index in [0.717, 1.165) is 18.5 Å². The summed E-state index contributed by atoms with van der Waals surface area (Å²) in [6.45, 7) is 6.11. The smallest absolute Gasteiger partial charge is 0.0478 e. The number of hydrogen-bond donors (Lipinski definition) is 0. The predicted molar refractivity (Wildman–Crippen MR) is 77.5 cm³/mol. The van der Waals surface area contributed by atoms with Gasteiger partial charge in [-0.2, -0.15) is 0 Å². The van der Waals surface area contributed by atoms with E-state index >= 15 is 0 Å². The SMILES string of the molecule is C=C[C@H](CCC)c1cc(-c2ccccc2)ccn1. The highest BCUT2D eigenvalue weighted by Gasteiger charge is 2.08. The second-order valence-electron chi connectivity index (χ2n) is 4.47. The molecule has 18 heavy (non-hydrogen) atoms. The zero-order valence-electron chi connectivity index (χ0n) is 10.8. The molecule has 0 bridgehead atoms. The Morgan fingerprint density at radius 3 is 2.61 bits per heavy atom. The molecule has 1 atom stereocenters. The molecule has 1 aromatic carbocycles. The first-order valence-corrected chi connectivity index (χ1v) is 6.49. The van der Waals surface area contributed by atoms with Crippen molar-refractivity contribution in [1.82, 2.24) is 4.98 Å². The van der Waals surface area contributed by atoms with Crippen LogP contribution in [0, 0.1) is 0 Å². The Labute approximate surface area is 109 Å². The van der Waals surface area contributed by atoms with Gasteiger partial charge < -0.3 is 0 Å². The molecule has 0 aliphatic heterocycles. The number of benzene rings is 1. The highest BCUT2D eigenvalue weighted by Crippen LogP contribution is 2.25. The largest absolute Gasteiger partial charge is 0.261 e. The quantitative estimate of drug-likeness (QED) is 0.679. The van der Waals surface area contributed by atoms with Crippen LogP contribution in [0.25, 0.3) is 11.1 Å². The van der Waals surface area contributed by atoms with Gasteiger partial charge in [0.05, 0.1) is 0 Å². The van der Waals surface area contributed by atoms with E-state index in [4.69, 9.17) is 0 Å². The van der Waals surface area contributed by atoms with Crippen LogP contribution in [-0.4, -0.2) is 4.98 Å². The third-order valence-corrected chi connectivity index (χ3v) is 3.15. The fourth-order valence-corrected chi connectivity index (χ4v) is 2.16. The van der Waals surface area contributed by atoms with Crippen LogP contribution < -0.4 is 0 Å². The van der Waals surface area contributed by atoms with Crippen LogP contribution in [0.15, 0.2) is 61.3 Å². The normalized spacial score (nSPS) is 12.1. The van der Waals surface area contributed by atoms with Gasteiger partial charge >= 0.3 is 0 Å². The molecule has 0 saturated carbocycles. The molecule has 1 aromatic heterocycles. The lowest BCUT2D eigenvalue weighted by Gasteiger charge is -2.12. The fraction of sp³-hybridized carbons (Fsp3) is 0.235. The molecule has 0 spiro atoms. The Bertz CT molecular complexity index is 502. The highest BCUT2D eigenvalue weighted by atomic mass is 14.7. The second kappa shape index (κ2) is 6.15. The average molecular weight is 237 g/mol. The minimum Gasteiger partial charge on any atom is -0.261 e. The second-order valence-corrected chi connectivity index (χ2v) is 4.47. The van der Waals surface area contributed by atoms with Crippen LogP contribution in [-0.2, 0) is 0 Å². The summed E-state index contributed by atoms with van der Waals surface area (Å²) in [5.74, 6) is 0.360. The molecular formula is C17H19N. The fourth-order valence-electron chi connectivity index (χ4n) is 2.16. The van der Waals surface area contributed by atoms with Crippen molar-refractivity contribution in [3.05, 3.63) is 67.0 Å². The van der Waals surface area contributed by atoms with Gasteiger partial charge in [-0.05, 0) is 29.7 Å². The maximum absolute atomic E-state index is 4.48. The van der Waals surface area contributed by atoms with Crippen molar-refractivity contribution in [3.63, 3.8) is 0 Å². The van der Waals surface area contributed by atoms with Gasteiger partial charge in [-0.1, -0.05) is 49.8 Å². The summed E-state index contributed by atoms with van der Waals surface area (Å²) in [6, 6.07) is 14.7. The van der Waals surface area contributed by atoms with Crippen LogP contribution in [0.1, 0.15) is 31.4 Å². The number of rotatable bonds is 5. The molecule has 0 aliphatic rings. The van der Waals surface area contributed by atoms with Crippen LogP contribution in [0.2, 0.25) is 0 Å². The molecule has 0 amide bonds. The maximum atomic E-state index is 4.48. The van der Waals surface area contributed by atoms with Crippen molar-refractivity contribution in [2.75, 3.05) is 0 Å². The Hall–Kier alpha value is -1.89. The summed E-state index contributed by atoms with van der Waals surface area (Å²) >= 11 is 0. The summed E-state index contributed by atoms with van der Waals surface area (Å²) in [5, 5.41) is 0. The topological polar surface area (TPSA) is 12.9 Å². The third-order valence-electron chi connectivity index (χ3n) is 3.15. The Balaban J connectivity index is 2.33. The number of hydrogen-bond acceptors (Lipinski definition) is 1. The lowest BCUT2D eigenvalue weighted by Crippen LogP contribution is -1.98. The van der Waals surface area contributed by atoms with Gasteiger partial charge in [0.15, 0.2) is 0 Å². The van der Waals surface area contributed by atoms with Crippen molar-refractivity contribution in [2.45, 2.75) is 25.7 Å². The Kier molecular flexibility index (Phi) is 4.30. The average Bonchev–Trinajstić information content (AvgIpc) is 2.46. The first-order valence-electron chi connectivity index (χ1n) is 6.49. The molecule has 0 radical (unpaired) electrons. The van der Waals surface area contributed by atoms with Crippen molar-refractivity contribution >= 4 is 0 Å². The molecule has 1 heteroatoms. The highest BCUT2D eigenvalue weighted by molar-refractivity contribution is 5.63. The summed E-state index contributed by atoms with van der Waals surface area (Å²) in [5.41, 5.74) is 3.58. The number of pyridine rings is 1. The summed E-state index contributed by atoms with van der Waals surface area (Å²) in [7, 11) is 0. The zero-order chi connectivity index (χ0) is 12.8. The number of allylic oxidation sites excluding steroid dienone is 1. The number of nitrogens with zero attached hydrogens (tertiary/aromatic N) is 1. The molecule has 0 saturated heterocycles. The molecule has 92 valence electrons. The predicted octanol–water partition coefficient (Wildman–Crippen LogP) is 4.82. The molecule has 0 fully saturated rings. The van der Waals surface area contributed by atoms with Gasteiger partial charge in [0.1, 0.15) is 0 Å². The monoisotopic (exact) mass is 237 g/mol. The van der Waals surface area contributed by atoms with Crippen molar-refractivity contribution < 1.29 is 0 Å². The summed E-state index contributed by atoms with van der Waals surface area (Å²) < 4.78 is 0. The third kappa shape index (κ3) is 2.86. The van der Waals surface area contributed by atoms with Gasteiger partial charge in [-0.25, -0.2) is 0 Å². The van der Waals surface area contributed by atoms with Gasteiger partial charge in [-0.15, -0.1) is 6.58 Å². The molecule has 0 aliphatic carbocycles. The summed E-state index contributed by atoms with van der Waals surface area (Å²) in [4.78, 5) is 4.48. The van der Waals surface area contributed by atoms with Crippen molar-refractivity contribution in [3.8, 4) is 11.1 Å². The Morgan fingerprint density at radius 2 is 1.94 bits per heavy atom. The minimum atomic E-state index is 0.360. The molecular weight excluding hydrogens is 218 g/mol. The van der Waals surface area contributed by atoms with Gasteiger partial charge in [0, 0.05) is 17.8 Å². The molecule has 0 unspecified atom stereocenters. The van der Waals surface area contributed by atoms with E-state index in [2.05, 4.69) is 54.9 Å². The van der Waals surface area contributed by atoms with Gasteiger partial charge in [-0.3, -0.25) is 4.98 Å². The standard InChI is InChI=1S/C17H19N/c1-3-8-14(4-2)17-13-16(11-12-18-17)15-9-6-5-7-10-15/h4-7,9-14H,2-3,8H2,1H3/t14-/m1/s1.